The summed E-state index contributed by atoms with van der Waals surface area (Å²) in [5, 5.41) is 3.25. The van der Waals surface area contributed by atoms with Gasteiger partial charge in [0.25, 0.3) is 0 Å². The molecule has 3 atom stereocenters. The predicted octanol–water partition coefficient (Wildman–Crippen LogP) is 3.82. The highest BCUT2D eigenvalue weighted by Crippen LogP contribution is 2.23. The summed E-state index contributed by atoms with van der Waals surface area (Å²) in [6, 6.07) is 7.87. The standard InChI is InChI=1S/C13H17NO2S2.C2H7N.C2H6/c1-10-3-5-12(6-4-10)18(15)16-8-7-13-11(2)17-9-14-13;1-3-2;1-2/h3-6,9,11,13H,7-8H2,1-2H3;3H,1-2H3;1-2H3. The van der Waals surface area contributed by atoms with E-state index >= 15 is 0 Å². The normalized spacial score (nSPS) is 20.1. The Kier molecular flexibility index (Phi) is 13.3. The van der Waals surface area contributed by atoms with Gasteiger partial charge in [0.05, 0.1) is 23.1 Å². The quantitative estimate of drug-likeness (QED) is 0.869. The first kappa shape index (κ1) is 22.3. The summed E-state index contributed by atoms with van der Waals surface area (Å²) in [6.45, 7) is 8.64. The van der Waals surface area contributed by atoms with E-state index in [4.69, 9.17) is 4.18 Å². The Bertz CT molecular complexity index is 464. The highest BCUT2D eigenvalue weighted by Gasteiger charge is 2.20. The van der Waals surface area contributed by atoms with Gasteiger partial charge in [0.1, 0.15) is 0 Å². The van der Waals surface area contributed by atoms with E-state index < -0.39 is 11.1 Å². The van der Waals surface area contributed by atoms with Gasteiger partial charge in [0.15, 0.2) is 11.1 Å². The molecule has 0 aromatic heterocycles. The molecular weight excluding hydrogens is 328 g/mol. The molecule has 0 radical (unpaired) electrons. The lowest BCUT2D eigenvalue weighted by molar-refractivity contribution is 0.325. The Morgan fingerprint density at radius 3 is 2.30 bits per heavy atom. The van der Waals surface area contributed by atoms with Gasteiger partial charge in [0.2, 0.25) is 0 Å². The van der Waals surface area contributed by atoms with Crippen LogP contribution in [0, 0.1) is 6.92 Å². The summed E-state index contributed by atoms with van der Waals surface area (Å²) >= 11 is 0.377. The second-order valence-electron chi connectivity index (χ2n) is 4.82. The van der Waals surface area contributed by atoms with Crippen molar-refractivity contribution in [2.75, 3.05) is 20.7 Å². The van der Waals surface area contributed by atoms with Crippen molar-refractivity contribution in [3.8, 4) is 0 Å². The molecule has 1 N–H and O–H groups in total. The molecule has 0 aliphatic carbocycles. The van der Waals surface area contributed by atoms with Gasteiger partial charge in [0, 0.05) is 5.25 Å². The van der Waals surface area contributed by atoms with Crippen molar-refractivity contribution in [2.24, 2.45) is 4.99 Å². The van der Waals surface area contributed by atoms with Gasteiger partial charge in [-0.3, -0.25) is 9.18 Å². The van der Waals surface area contributed by atoms with Gasteiger partial charge in [-0.15, -0.1) is 11.8 Å². The van der Waals surface area contributed by atoms with Crippen LogP contribution < -0.4 is 5.32 Å². The first-order chi connectivity index (χ1) is 11.1. The van der Waals surface area contributed by atoms with Gasteiger partial charge in [-0.1, -0.05) is 38.5 Å². The Labute approximate surface area is 148 Å². The molecule has 1 heterocycles. The topological polar surface area (TPSA) is 50.7 Å². The number of nitrogens with zero attached hydrogens (tertiary/aromatic N) is 1. The van der Waals surface area contributed by atoms with E-state index in [0.29, 0.717) is 17.9 Å². The largest absolute Gasteiger partial charge is 0.323 e. The van der Waals surface area contributed by atoms with Crippen molar-refractivity contribution in [2.45, 2.75) is 50.3 Å². The number of thioether (sulfide) groups is 1. The molecule has 4 nitrogen and oxygen atoms in total. The minimum absolute atomic E-state index is 0.296. The van der Waals surface area contributed by atoms with E-state index in [1.165, 1.54) is 0 Å². The number of benzene rings is 1. The molecule has 6 heteroatoms. The number of nitrogens with one attached hydrogen (secondary N) is 1. The second-order valence-corrected chi connectivity index (χ2v) is 7.22. The number of rotatable bonds is 5. The number of aryl methyl sites for hydroxylation is 1. The van der Waals surface area contributed by atoms with E-state index in [0.717, 1.165) is 16.9 Å². The first-order valence-electron chi connectivity index (χ1n) is 7.95. The zero-order valence-corrected chi connectivity index (χ0v) is 16.7. The molecule has 1 aromatic rings. The molecule has 23 heavy (non-hydrogen) atoms. The van der Waals surface area contributed by atoms with Crippen LogP contribution in [0.1, 0.15) is 32.8 Å². The van der Waals surface area contributed by atoms with Crippen molar-refractivity contribution >= 4 is 28.4 Å². The van der Waals surface area contributed by atoms with Crippen LogP contribution in [0.25, 0.3) is 0 Å². The van der Waals surface area contributed by atoms with Crippen molar-refractivity contribution in [1.29, 1.82) is 0 Å². The molecule has 2 rings (SSSR count). The number of hydrogen-bond donors (Lipinski definition) is 1. The summed E-state index contributed by atoms with van der Waals surface area (Å²) in [4.78, 5) is 5.08. The molecule has 1 aromatic carbocycles. The van der Waals surface area contributed by atoms with E-state index in [-0.39, 0.29) is 0 Å². The van der Waals surface area contributed by atoms with Gasteiger partial charge in [-0.05, 0) is 39.6 Å². The van der Waals surface area contributed by atoms with Crippen LogP contribution in [-0.2, 0) is 15.3 Å². The summed E-state index contributed by atoms with van der Waals surface area (Å²) in [5.74, 6) is 0. The van der Waals surface area contributed by atoms with Crippen LogP contribution >= 0.6 is 11.8 Å². The molecule has 0 amide bonds. The average Bonchev–Trinajstić information content (AvgIpc) is 2.96. The first-order valence-corrected chi connectivity index (χ1v) is 9.97. The molecule has 0 saturated carbocycles. The second kappa shape index (κ2) is 13.7. The molecule has 1 aliphatic heterocycles. The molecule has 132 valence electrons. The lowest BCUT2D eigenvalue weighted by atomic mass is 10.2. The maximum Gasteiger partial charge on any atom is 0.189 e. The Morgan fingerprint density at radius 1 is 1.26 bits per heavy atom. The fourth-order valence-electron chi connectivity index (χ4n) is 1.69. The van der Waals surface area contributed by atoms with Crippen molar-refractivity contribution in [3.63, 3.8) is 0 Å². The van der Waals surface area contributed by atoms with Crippen LogP contribution in [0.2, 0.25) is 0 Å². The molecule has 0 fully saturated rings. The minimum atomic E-state index is -1.36. The number of aliphatic imine (C=N–C) groups is 1. The zero-order chi connectivity index (χ0) is 17.7. The summed E-state index contributed by atoms with van der Waals surface area (Å²) in [5.41, 5.74) is 3.05. The van der Waals surface area contributed by atoms with E-state index in [1.54, 1.807) is 11.8 Å². The lowest BCUT2D eigenvalue weighted by Crippen LogP contribution is -2.16. The smallest absolute Gasteiger partial charge is 0.189 e. The minimum Gasteiger partial charge on any atom is -0.323 e. The van der Waals surface area contributed by atoms with Crippen LogP contribution in [0.15, 0.2) is 34.2 Å². The predicted molar refractivity (Wildman–Crippen MR) is 104 cm³/mol. The van der Waals surface area contributed by atoms with Crippen molar-refractivity contribution < 1.29 is 8.39 Å². The molecule has 0 bridgehead atoms. The third kappa shape index (κ3) is 9.25. The zero-order valence-electron chi connectivity index (χ0n) is 15.0. The molecule has 1 aliphatic rings. The Morgan fingerprint density at radius 2 is 1.83 bits per heavy atom. The third-order valence-electron chi connectivity index (χ3n) is 2.89. The van der Waals surface area contributed by atoms with E-state index in [9.17, 15) is 4.21 Å². The van der Waals surface area contributed by atoms with Gasteiger partial charge in [-0.25, -0.2) is 4.21 Å². The van der Waals surface area contributed by atoms with E-state index in [2.05, 4.69) is 17.2 Å². The summed E-state index contributed by atoms with van der Waals surface area (Å²) < 4.78 is 17.2. The van der Waals surface area contributed by atoms with Crippen LogP contribution in [0.5, 0.6) is 0 Å². The van der Waals surface area contributed by atoms with Gasteiger partial charge in [-0.2, -0.15) is 0 Å². The molecular formula is C17H30N2O2S2. The third-order valence-corrected chi connectivity index (χ3v) is 4.91. The molecule has 3 unspecified atom stereocenters. The van der Waals surface area contributed by atoms with Crippen LogP contribution in [-0.4, -0.2) is 41.7 Å². The summed E-state index contributed by atoms with van der Waals surface area (Å²) in [7, 11) is 3.75. The van der Waals surface area contributed by atoms with Gasteiger partial charge < -0.3 is 5.32 Å². The Hall–Kier alpha value is -0.690. The van der Waals surface area contributed by atoms with Crippen LogP contribution in [0.4, 0.5) is 0 Å². The lowest BCUT2D eigenvalue weighted by Gasteiger charge is -2.11. The SMILES string of the molecule is CC.CNC.Cc1ccc(S(=O)OCCC2N=CSC2C)cc1. The maximum absolute atomic E-state index is 11.9. The van der Waals surface area contributed by atoms with Crippen molar-refractivity contribution in [3.05, 3.63) is 29.8 Å². The fraction of sp³-hybridized carbons (Fsp3) is 0.588. The maximum atomic E-state index is 11.9. The van der Waals surface area contributed by atoms with Crippen molar-refractivity contribution in [1.82, 2.24) is 5.32 Å². The average molecular weight is 359 g/mol. The highest BCUT2D eigenvalue weighted by atomic mass is 32.2. The number of hydrogen-bond acceptors (Lipinski definition) is 5. The molecule has 0 saturated heterocycles. The van der Waals surface area contributed by atoms with Gasteiger partial charge >= 0.3 is 0 Å². The summed E-state index contributed by atoms with van der Waals surface area (Å²) in [6.07, 6.45) is 0.822. The molecule has 0 spiro atoms. The van der Waals surface area contributed by atoms with Crippen LogP contribution in [0.3, 0.4) is 0 Å². The van der Waals surface area contributed by atoms with E-state index in [1.807, 2.05) is 64.7 Å². The Balaban J connectivity index is 0.000000868. The highest BCUT2D eigenvalue weighted by molar-refractivity contribution is 8.12. The monoisotopic (exact) mass is 358 g/mol. The fourth-order valence-corrected chi connectivity index (χ4v) is 3.24.